The average Bonchev–Trinajstić information content (AvgIpc) is 2.54. The minimum atomic E-state index is -0.549. The van der Waals surface area contributed by atoms with Gasteiger partial charge in [0, 0.05) is 6.20 Å². The van der Waals surface area contributed by atoms with Crippen LogP contribution in [-0.2, 0) is 4.79 Å². The van der Waals surface area contributed by atoms with Gasteiger partial charge in [-0.2, -0.15) is 5.10 Å². The lowest BCUT2D eigenvalue weighted by atomic mass is 10.2. The minimum Gasteiger partial charge on any atom is -0.493 e. The average molecular weight is 300 g/mol. The summed E-state index contributed by atoms with van der Waals surface area (Å²) in [4.78, 5) is 14.8. The quantitative estimate of drug-likeness (QED) is 0.595. The third-order valence-electron chi connectivity index (χ3n) is 2.62. The number of carbonyl (C=O) groups excluding carboxylic acids is 1. The lowest BCUT2D eigenvalue weighted by Crippen LogP contribution is -2.20. The van der Waals surface area contributed by atoms with E-state index in [4.69, 9.17) is 15.2 Å². The summed E-state index contributed by atoms with van der Waals surface area (Å²) in [5.41, 5.74) is 8.65. The summed E-state index contributed by atoms with van der Waals surface area (Å²) >= 11 is 0. The van der Waals surface area contributed by atoms with E-state index in [1.54, 1.807) is 36.7 Å². The highest BCUT2D eigenvalue weighted by molar-refractivity contribution is 5.81. The SMILES string of the molecule is COc1cc(/C=N\Nc2ccccn2)ccc1OCC(N)=O. The van der Waals surface area contributed by atoms with Crippen molar-refractivity contribution < 1.29 is 14.3 Å². The molecule has 1 amide bonds. The fourth-order valence-electron chi connectivity index (χ4n) is 1.63. The summed E-state index contributed by atoms with van der Waals surface area (Å²) in [6.07, 6.45) is 3.29. The van der Waals surface area contributed by atoms with Gasteiger partial charge in [-0.1, -0.05) is 6.07 Å². The van der Waals surface area contributed by atoms with Crippen LogP contribution in [0.25, 0.3) is 0 Å². The largest absolute Gasteiger partial charge is 0.493 e. The highest BCUT2D eigenvalue weighted by Gasteiger charge is 2.06. The number of hydrogen-bond acceptors (Lipinski definition) is 6. The van der Waals surface area contributed by atoms with E-state index in [1.807, 2.05) is 12.1 Å². The van der Waals surface area contributed by atoms with E-state index >= 15 is 0 Å². The zero-order valence-corrected chi connectivity index (χ0v) is 12.0. The van der Waals surface area contributed by atoms with E-state index in [0.717, 1.165) is 5.56 Å². The third kappa shape index (κ3) is 4.48. The van der Waals surface area contributed by atoms with Crippen molar-refractivity contribution in [1.29, 1.82) is 0 Å². The van der Waals surface area contributed by atoms with E-state index in [2.05, 4.69) is 15.5 Å². The second-order valence-corrected chi connectivity index (χ2v) is 4.25. The van der Waals surface area contributed by atoms with Crippen LogP contribution in [-0.4, -0.2) is 30.8 Å². The maximum absolute atomic E-state index is 10.7. The van der Waals surface area contributed by atoms with Gasteiger partial charge >= 0.3 is 0 Å². The van der Waals surface area contributed by atoms with Crippen molar-refractivity contribution >= 4 is 17.9 Å². The Hall–Kier alpha value is -3.09. The molecule has 0 atom stereocenters. The van der Waals surface area contributed by atoms with Gasteiger partial charge in [0.1, 0.15) is 5.82 Å². The van der Waals surface area contributed by atoms with Crippen molar-refractivity contribution in [1.82, 2.24) is 4.98 Å². The molecule has 7 nitrogen and oxygen atoms in total. The van der Waals surface area contributed by atoms with Gasteiger partial charge in [-0.05, 0) is 35.9 Å². The molecule has 1 aromatic heterocycles. The number of pyridine rings is 1. The number of methoxy groups -OCH3 is 1. The first-order valence-corrected chi connectivity index (χ1v) is 6.48. The van der Waals surface area contributed by atoms with Crippen LogP contribution in [0.15, 0.2) is 47.7 Å². The highest BCUT2D eigenvalue weighted by atomic mass is 16.5. The van der Waals surface area contributed by atoms with Gasteiger partial charge in [-0.3, -0.25) is 10.2 Å². The Bertz CT molecular complexity index is 659. The Balaban J connectivity index is 2.04. The first-order valence-electron chi connectivity index (χ1n) is 6.48. The molecule has 1 aromatic carbocycles. The van der Waals surface area contributed by atoms with Gasteiger partial charge in [-0.15, -0.1) is 0 Å². The Kier molecular flexibility index (Phi) is 5.31. The van der Waals surface area contributed by atoms with Crippen molar-refractivity contribution in [2.24, 2.45) is 10.8 Å². The lowest BCUT2D eigenvalue weighted by Gasteiger charge is -2.09. The molecule has 0 aliphatic carbocycles. The van der Waals surface area contributed by atoms with E-state index < -0.39 is 5.91 Å². The summed E-state index contributed by atoms with van der Waals surface area (Å²) in [6.45, 7) is -0.203. The number of amides is 1. The number of benzene rings is 1. The maximum Gasteiger partial charge on any atom is 0.255 e. The minimum absolute atomic E-state index is 0.203. The number of aromatic nitrogens is 1. The molecule has 0 spiro atoms. The number of hydrogen-bond donors (Lipinski definition) is 2. The topological polar surface area (TPSA) is 98.8 Å². The van der Waals surface area contributed by atoms with Crippen molar-refractivity contribution in [2.75, 3.05) is 19.1 Å². The molecule has 0 saturated heterocycles. The molecule has 114 valence electrons. The smallest absolute Gasteiger partial charge is 0.255 e. The highest BCUT2D eigenvalue weighted by Crippen LogP contribution is 2.27. The molecule has 2 rings (SSSR count). The molecule has 0 unspecified atom stereocenters. The number of nitrogens with zero attached hydrogens (tertiary/aromatic N) is 2. The van der Waals surface area contributed by atoms with Crippen LogP contribution >= 0.6 is 0 Å². The third-order valence-corrected chi connectivity index (χ3v) is 2.62. The molecule has 2 aromatic rings. The Morgan fingerprint density at radius 1 is 1.36 bits per heavy atom. The standard InChI is InChI=1S/C15H16N4O3/c1-21-13-8-11(5-6-12(13)22-10-14(16)20)9-18-19-15-4-2-3-7-17-15/h2-9H,10H2,1H3,(H2,16,20)(H,17,19)/b18-9-. The molecule has 1 heterocycles. The van der Waals surface area contributed by atoms with E-state index in [0.29, 0.717) is 17.3 Å². The number of nitrogens with two attached hydrogens (primary N) is 1. The van der Waals surface area contributed by atoms with Crippen molar-refractivity contribution in [3.05, 3.63) is 48.2 Å². The molecule has 7 heteroatoms. The number of rotatable bonds is 7. The van der Waals surface area contributed by atoms with Crippen molar-refractivity contribution in [3.63, 3.8) is 0 Å². The number of carbonyl (C=O) groups is 1. The second kappa shape index (κ2) is 7.63. The van der Waals surface area contributed by atoms with E-state index in [1.165, 1.54) is 7.11 Å². The normalized spacial score (nSPS) is 10.4. The van der Waals surface area contributed by atoms with Gasteiger partial charge in [0.15, 0.2) is 18.1 Å². The predicted molar refractivity (Wildman–Crippen MR) is 83.1 cm³/mol. The van der Waals surface area contributed by atoms with E-state index in [9.17, 15) is 4.79 Å². The number of hydrazone groups is 1. The molecular formula is C15H16N4O3. The van der Waals surface area contributed by atoms with Gasteiger partial charge in [-0.25, -0.2) is 4.98 Å². The maximum atomic E-state index is 10.7. The van der Waals surface area contributed by atoms with E-state index in [-0.39, 0.29) is 6.61 Å². The molecule has 0 aliphatic rings. The zero-order chi connectivity index (χ0) is 15.8. The summed E-state index contributed by atoms with van der Waals surface area (Å²) in [7, 11) is 1.51. The van der Waals surface area contributed by atoms with Crippen LogP contribution in [0.2, 0.25) is 0 Å². The zero-order valence-electron chi connectivity index (χ0n) is 12.0. The molecule has 0 saturated carbocycles. The fourth-order valence-corrected chi connectivity index (χ4v) is 1.63. The molecule has 3 N–H and O–H groups in total. The number of primary amides is 1. The van der Waals surface area contributed by atoms with Gasteiger partial charge in [0.25, 0.3) is 5.91 Å². The second-order valence-electron chi connectivity index (χ2n) is 4.25. The molecule has 0 aliphatic heterocycles. The number of ether oxygens (including phenoxy) is 2. The molecule has 0 bridgehead atoms. The number of anilines is 1. The van der Waals surface area contributed by atoms with Gasteiger partial charge in [0.05, 0.1) is 13.3 Å². The monoisotopic (exact) mass is 300 g/mol. The molecule has 22 heavy (non-hydrogen) atoms. The van der Waals surface area contributed by atoms with Crippen LogP contribution in [0, 0.1) is 0 Å². The van der Waals surface area contributed by atoms with Gasteiger partial charge in [0.2, 0.25) is 0 Å². The van der Waals surface area contributed by atoms with Crippen LogP contribution < -0.4 is 20.6 Å². The molecule has 0 radical (unpaired) electrons. The Labute approximate surface area is 127 Å². The first kappa shape index (κ1) is 15.3. The van der Waals surface area contributed by atoms with Crippen LogP contribution in [0.1, 0.15) is 5.56 Å². The fraction of sp³-hybridized carbons (Fsp3) is 0.133. The number of nitrogens with one attached hydrogen (secondary N) is 1. The summed E-state index contributed by atoms with van der Waals surface area (Å²) in [6, 6.07) is 10.7. The van der Waals surface area contributed by atoms with Gasteiger partial charge < -0.3 is 15.2 Å². The van der Waals surface area contributed by atoms with Crippen LogP contribution in [0.5, 0.6) is 11.5 Å². The molecular weight excluding hydrogens is 284 g/mol. The predicted octanol–water partition coefficient (Wildman–Crippen LogP) is 1.40. The Morgan fingerprint density at radius 2 is 2.23 bits per heavy atom. The molecule has 0 fully saturated rings. The van der Waals surface area contributed by atoms with Crippen molar-refractivity contribution in [2.45, 2.75) is 0 Å². The van der Waals surface area contributed by atoms with Crippen LogP contribution in [0.4, 0.5) is 5.82 Å². The van der Waals surface area contributed by atoms with Crippen LogP contribution in [0.3, 0.4) is 0 Å². The lowest BCUT2D eigenvalue weighted by molar-refractivity contribution is -0.119. The first-order chi connectivity index (χ1) is 10.7. The van der Waals surface area contributed by atoms with Crippen molar-refractivity contribution in [3.8, 4) is 11.5 Å². The summed E-state index contributed by atoms with van der Waals surface area (Å²) in [5, 5.41) is 4.08. The Morgan fingerprint density at radius 3 is 2.91 bits per heavy atom. The summed E-state index contributed by atoms with van der Waals surface area (Å²) in [5.74, 6) is 1.03. The summed E-state index contributed by atoms with van der Waals surface area (Å²) < 4.78 is 10.5.